The number of benzene rings is 1. The highest BCUT2D eigenvalue weighted by atomic mass is 15.2. The molecule has 1 aromatic carbocycles. The average molecular weight is 320 g/mol. The molecular formula is C22H28N2. The molecule has 0 aliphatic carbocycles. The van der Waals surface area contributed by atoms with Gasteiger partial charge in [0, 0.05) is 24.7 Å². The van der Waals surface area contributed by atoms with E-state index in [9.17, 15) is 0 Å². The van der Waals surface area contributed by atoms with Crippen molar-refractivity contribution in [2.24, 2.45) is 0 Å². The minimum absolute atomic E-state index is 0.184. The Kier molecular flexibility index (Phi) is 4.03. The normalized spacial score (nSPS) is 19.8. The van der Waals surface area contributed by atoms with Crippen LogP contribution in [0.2, 0.25) is 0 Å². The van der Waals surface area contributed by atoms with E-state index in [1.807, 2.05) is 6.20 Å². The zero-order valence-corrected chi connectivity index (χ0v) is 15.9. The topological polar surface area (TPSA) is 16.1 Å². The molecular weight excluding hydrogens is 292 g/mol. The molecule has 2 nitrogen and oxygen atoms in total. The van der Waals surface area contributed by atoms with Crippen molar-refractivity contribution < 1.29 is 0 Å². The highest BCUT2D eigenvalue weighted by Gasteiger charge is 2.32. The Morgan fingerprint density at radius 2 is 1.83 bits per heavy atom. The lowest BCUT2D eigenvalue weighted by Gasteiger charge is -2.40. The van der Waals surface area contributed by atoms with E-state index >= 15 is 0 Å². The molecule has 1 aromatic heterocycles. The SMILES string of the molecule is Cc1cc(C)c(C)c(C2(C)C=c3nccc(C(C)C)c3=CN2C)c1. The van der Waals surface area contributed by atoms with Crippen molar-refractivity contribution in [3.63, 3.8) is 0 Å². The van der Waals surface area contributed by atoms with Gasteiger partial charge in [0.25, 0.3) is 0 Å². The zero-order chi connectivity index (χ0) is 17.6. The number of aryl methyl sites for hydroxylation is 2. The lowest BCUT2D eigenvalue weighted by Crippen LogP contribution is -2.48. The number of hydrogen-bond donors (Lipinski definition) is 0. The third kappa shape index (κ3) is 2.54. The van der Waals surface area contributed by atoms with Gasteiger partial charge in [-0.2, -0.15) is 0 Å². The maximum absolute atomic E-state index is 4.68. The van der Waals surface area contributed by atoms with E-state index in [1.165, 1.54) is 33.0 Å². The van der Waals surface area contributed by atoms with Crippen molar-refractivity contribution in [3.05, 3.63) is 62.8 Å². The maximum atomic E-state index is 4.68. The van der Waals surface area contributed by atoms with Crippen LogP contribution in [0.15, 0.2) is 24.4 Å². The van der Waals surface area contributed by atoms with Crippen molar-refractivity contribution in [3.8, 4) is 0 Å². The van der Waals surface area contributed by atoms with Crippen molar-refractivity contribution >= 4 is 12.3 Å². The van der Waals surface area contributed by atoms with E-state index in [2.05, 4.69) is 88.9 Å². The van der Waals surface area contributed by atoms with Crippen LogP contribution in [-0.2, 0) is 5.54 Å². The molecule has 2 heterocycles. The third-order valence-electron chi connectivity index (χ3n) is 5.51. The molecule has 0 saturated heterocycles. The van der Waals surface area contributed by atoms with Crippen LogP contribution in [0.5, 0.6) is 0 Å². The molecule has 0 bridgehead atoms. The van der Waals surface area contributed by atoms with Crippen LogP contribution in [0.1, 0.15) is 54.5 Å². The highest BCUT2D eigenvalue weighted by Crippen LogP contribution is 2.34. The summed E-state index contributed by atoms with van der Waals surface area (Å²) in [6.45, 7) is 13.4. The first-order valence-corrected chi connectivity index (χ1v) is 8.75. The standard InChI is InChI=1S/C22H28N2/c1-14(2)18-8-9-23-21-12-22(6,24(7)13-19(18)21)20-11-15(3)10-16(4)17(20)5/h8-14H,1-7H3. The van der Waals surface area contributed by atoms with Gasteiger partial charge in [0.05, 0.1) is 10.9 Å². The second-order valence-corrected chi connectivity index (χ2v) is 7.64. The van der Waals surface area contributed by atoms with E-state index in [1.54, 1.807) is 0 Å². The Morgan fingerprint density at radius 1 is 1.12 bits per heavy atom. The molecule has 0 N–H and O–H groups in total. The molecule has 2 aromatic rings. The Labute approximate surface area is 145 Å². The summed E-state index contributed by atoms with van der Waals surface area (Å²) in [4.78, 5) is 7.02. The fraction of sp³-hybridized carbons (Fsp3) is 0.409. The van der Waals surface area contributed by atoms with E-state index in [0.717, 1.165) is 5.35 Å². The maximum Gasteiger partial charge on any atom is 0.0827 e. The number of fused-ring (bicyclic) bond motifs is 1. The van der Waals surface area contributed by atoms with Gasteiger partial charge in [0.2, 0.25) is 0 Å². The van der Waals surface area contributed by atoms with Crippen LogP contribution in [0.25, 0.3) is 12.3 Å². The summed E-state index contributed by atoms with van der Waals surface area (Å²) in [5.41, 5.74) is 6.57. The summed E-state index contributed by atoms with van der Waals surface area (Å²) in [5.74, 6) is 0.493. The van der Waals surface area contributed by atoms with E-state index in [4.69, 9.17) is 0 Å². The van der Waals surface area contributed by atoms with Crippen molar-refractivity contribution in [1.29, 1.82) is 0 Å². The molecule has 1 atom stereocenters. The molecule has 0 radical (unpaired) electrons. The smallest absolute Gasteiger partial charge is 0.0827 e. The first-order valence-electron chi connectivity index (χ1n) is 8.75. The highest BCUT2D eigenvalue weighted by molar-refractivity contribution is 5.55. The summed E-state index contributed by atoms with van der Waals surface area (Å²) in [7, 11) is 2.17. The van der Waals surface area contributed by atoms with Crippen molar-refractivity contribution in [2.75, 3.05) is 7.05 Å². The molecule has 3 rings (SSSR count). The Hall–Kier alpha value is -2.09. The monoisotopic (exact) mass is 320 g/mol. The number of rotatable bonds is 2. The average Bonchev–Trinajstić information content (AvgIpc) is 2.51. The fourth-order valence-electron chi connectivity index (χ4n) is 3.79. The van der Waals surface area contributed by atoms with Gasteiger partial charge in [-0.05, 0) is 68.0 Å². The number of nitrogens with zero attached hydrogens (tertiary/aromatic N) is 2. The predicted molar refractivity (Wildman–Crippen MR) is 102 cm³/mol. The summed E-state index contributed by atoms with van der Waals surface area (Å²) < 4.78 is 0. The number of pyridine rings is 1. The molecule has 2 heteroatoms. The van der Waals surface area contributed by atoms with Gasteiger partial charge < -0.3 is 4.90 Å². The molecule has 1 aliphatic rings. The van der Waals surface area contributed by atoms with Crippen molar-refractivity contribution in [2.45, 2.75) is 53.0 Å². The molecule has 0 spiro atoms. The van der Waals surface area contributed by atoms with Crippen LogP contribution in [0.3, 0.4) is 0 Å². The molecule has 1 aliphatic heterocycles. The molecule has 24 heavy (non-hydrogen) atoms. The summed E-state index contributed by atoms with van der Waals surface area (Å²) in [6.07, 6.45) is 6.54. The summed E-state index contributed by atoms with van der Waals surface area (Å²) in [6, 6.07) is 6.73. The van der Waals surface area contributed by atoms with Gasteiger partial charge >= 0.3 is 0 Å². The van der Waals surface area contributed by atoms with Gasteiger partial charge in [0.15, 0.2) is 0 Å². The summed E-state index contributed by atoms with van der Waals surface area (Å²) >= 11 is 0. The Morgan fingerprint density at radius 3 is 2.50 bits per heavy atom. The van der Waals surface area contributed by atoms with Crippen LogP contribution in [0.4, 0.5) is 0 Å². The molecule has 1 unspecified atom stereocenters. The zero-order valence-electron chi connectivity index (χ0n) is 15.9. The Bertz CT molecular complexity index is 908. The first kappa shape index (κ1) is 16.8. The molecule has 0 saturated carbocycles. The lowest BCUT2D eigenvalue weighted by atomic mass is 9.82. The molecule has 0 fully saturated rings. The van der Waals surface area contributed by atoms with Gasteiger partial charge in [0.1, 0.15) is 0 Å². The largest absolute Gasteiger partial charge is 0.367 e. The third-order valence-corrected chi connectivity index (χ3v) is 5.51. The van der Waals surface area contributed by atoms with Crippen LogP contribution in [-0.4, -0.2) is 16.9 Å². The summed E-state index contributed by atoms with van der Waals surface area (Å²) in [5, 5.41) is 2.36. The van der Waals surface area contributed by atoms with Gasteiger partial charge in [-0.15, -0.1) is 0 Å². The predicted octanol–water partition coefficient (Wildman–Crippen LogP) is 3.51. The van der Waals surface area contributed by atoms with Crippen LogP contribution < -0.4 is 10.6 Å². The minimum atomic E-state index is -0.184. The first-order chi connectivity index (χ1) is 11.2. The van der Waals surface area contributed by atoms with Gasteiger partial charge in [-0.3, -0.25) is 4.98 Å². The van der Waals surface area contributed by atoms with Gasteiger partial charge in [-0.25, -0.2) is 0 Å². The quantitative estimate of drug-likeness (QED) is 0.842. The number of aromatic nitrogens is 1. The molecule has 0 amide bonds. The van der Waals surface area contributed by atoms with E-state index in [0.29, 0.717) is 5.92 Å². The van der Waals surface area contributed by atoms with Gasteiger partial charge in [-0.1, -0.05) is 31.5 Å². The Balaban J connectivity index is 2.30. The van der Waals surface area contributed by atoms with Crippen LogP contribution >= 0.6 is 0 Å². The number of hydrogen-bond acceptors (Lipinski definition) is 2. The molecule has 126 valence electrons. The minimum Gasteiger partial charge on any atom is -0.367 e. The second kappa shape index (κ2) is 5.77. The second-order valence-electron chi connectivity index (χ2n) is 7.64. The van der Waals surface area contributed by atoms with Crippen LogP contribution in [0, 0.1) is 20.8 Å². The van der Waals surface area contributed by atoms with Crippen molar-refractivity contribution in [1.82, 2.24) is 9.88 Å². The van der Waals surface area contributed by atoms with E-state index < -0.39 is 0 Å². The fourth-order valence-corrected chi connectivity index (χ4v) is 3.79. The van der Waals surface area contributed by atoms with E-state index in [-0.39, 0.29) is 5.54 Å². The lowest BCUT2D eigenvalue weighted by molar-refractivity contribution is 0.308.